The second kappa shape index (κ2) is 13.1. The predicted molar refractivity (Wildman–Crippen MR) is 134 cm³/mol. The Morgan fingerprint density at radius 2 is 1.75 bits per heavy atom. The summed E-state index contributed by atoms with van der Waals surface area (Å²) in [5.74, 6) is -0.210. The van der Waals surface area contributed by atoms with E-state index in [2.05, 4.69) is 10.1 Å². The number of amides is 1. The van der Waals surface area contributed by atoms with E-state index in [1.807, 2.05) is 19.9 Å². The van der Waals surface area contributed by atoms with Crippen LogP contribution in [0.2, 0.25) is 5.02 Å². The van der Waals surface area contributed by atoms with Gasteiger partial charge in [-0.25, -0.2) is 4.98 Å². The molecule has 0 aliphatic heterocycles. The molecule has 194 valence electrons. The molecule has 11 heteroatoms. The van der Waals surface area contributed by atoms with Gasteiger partial charge in [0.1, 0.15) is 11.8 Å². The number of hydrogen-bond donors (Lipinski definition) is 2. The minimum Gasteiger partial charge on any atom is -0.398 e. The summed E-state index contributed by atoms with van der Waals surface area (Å²) in [6.07, 6.45) is 6.02. The molecule has 2 aromatic heterocycles. The maximum absolute atomic E-state index is 12.4. The molecule has 1 saturated carbocycles. The quantitative estimate of drug-likeness (QED) is 0.415. The number of nitrogens with two attached hydrogens (primary N) is 2. The maximum atomic E-state index is 12.4. The van der Waals surface area contributed by atoms with Crippen LogP contribution < -0.4 is 11.5 Å². The smallest absolute Gasteiger partial charge is 0.398 e. The van der Waals surface area contributed by atoms with Crippen LogP contribution in [-0.4, -0.2) is 20.7 Å². The van der Waals surface area contributed by atoms with Crippen molar-refractivity contribution in [3.8, 4) is 6.07 Å². The molecule has 0 unspecified atom stereocenters. The molecule has 0 saturated heterocycles. The zero-order chi connectivity index (χ0) is 26.9. The molecule has 2 heterocycles. The molecule has 0 radical (unpaired) electrons. The van der Waals surface area contributed by atoms with E-state index in [9.17, 15) is 18.0 Å². The van der Waals surface area contributed by atoms with E-state index < -0.39 is 17.8 Å². The van der Waals surface area contributed by atoms with Gasteiger partial charge in [-0.05, 0) is 30.2 Å². The molecule has 36 heavy (non-hydrogen) atoms. The van der Waals surface area contributed by atoms with Crippen LogP contribution in [0.5, 0.6) is 0 Å². The first kappa shape index (κ1) is 28.9. The number of pyridine rings is 1. The number of nitriles is 1. The first-order chi connectivity index (χ1) is 16.9. The highest BCUT2D eigenvalue weighted by Crippen LogP contribution is 2.32. The van der Waals surface area contributed by atoms with Gasteiger partial charge in [0.25, 0.3) is 5.91 Å². The Labute approximate surface area is 213 Å². The van der Waals surface area contributed by atoms with Crippen LogP contribution in [0, 0.1) is 17.2 Å². The first-order valence-electron chi connectivity index (χ1n) is 11.6. The minimum atomic E-state index is -4.50. The lowest BCUT2D eigenvalue weighted by Gasteiger charge is -2.09. The molecule has 3 aromatic rings. The van der Waals surface area contributed by atoms with Gasteiger partial charge in [0.15, 0.2) is 5.69 Å². The Bertz CT molecular complexity index is 1200. The summed E-state index contributed by atoms with van der Waals surface area (Å²) < 4.78 is 38.9. The molecule has 1 aliphatic carbocycles. The Balaban J connectivity index is 0.000000208. The zero-order valence-electron chi connectivity index (χ0n) is 20.3. The van der Waals surface area contributed by atoms with Crippen molar-refractivity contribution in [2.24, 2.45) is 11.7 Å². The van der Waals surface area contributed by atoms with Crippen LogP contribution in [0.4, 0.5) is 18.9 Å². The normalized spacial score (nSPS) is 13.3. The summed E-state index contributed by atoms with van der Waals surface area (Å²) in [6.45, 7) is 4.72. The number of carbonyl (C=O) groups excluding carboxylic acids is 1. The number of primary amides is 1. The lowest BCUT2D eigenvalue weighted by atomic mass is 10.0. The molecule has 1 amide bonds. The number of hydrogen-bond acceptors (Lipinski definition) is 5. The fraction of sp³-hybridized carbons (Fsp3) is 0.440. The van der Waals surface area contributed by atoms with Gasteiger partial charge in [-0.3, -0.25) is 9.48 Å². The SMILES string of the molecule is C1CCCCC1.CC(C)Cn1cc(C(N)=O)c(C#N)n1.Nc1cc(C(F)(F)F)nc2ccc(Cl)cc12. The van der Waals surface area contributed by atoms with Crippen molar-refractivity contribution >= 4 is 34.1 Å². The van der Waals surface area contributed by atoms with Crippen LogP contribution in [0.15, 0.2) is 30.5 Å². The number of alkyl halides is 3. The summed E-state index contributed by atoms with van der Waals surface area (Å²) >= 11 is 5.71. The molecule has 1 aromatic carbocycles. The third-order valence-electron chi connectivity index (χ3n) is 5.28. The topological polar surface area (TPSA) is 124 Å². The van der Waals surface area contributed by atoms with E-state index in [1.165, 1.54) is 62.9 Å². The van der Waals surface area contributed by atoms with Crippen LogP contribution in [-0.2, 0) is 12.7 Å². The Morgan fingerprint density at radius 1 is 1.17 bits per heavy atom. The molecule has 1 fully saturated rings. The van der Waals surface area contributed by atoms with Gasteiger partial charge in [-0.15, -0.1) is 0 Å². The molecule has 0 spiro atoms. The molecular weight excluding hydrogens is 493 g/mol. The molecule has 4 rings (SSSR count). The molecule has 0 atom stereocenters. The van der Waals surface area contributed by atoms with E-state index in [0.717, 1.165) is 6.07 Å². The van der Waals surface area contributed by atoms with Gasteiger partial charge >= 0.3 is 6.18 Å². The van der Waals surface area contributed by atoms with Gasteiger partial charge < -0.3 is 11.5 Å². The Hall–Kier alpha value is -3.32. The standard InChI is InChI=1S/C10H6ClF3N2.C9H12N4O.C6H12/c11-5-1-2-8-6(3-5)7(15)4-9(16-8)10(12,13)14;1-6(2)4-13-5-7(9(11)14)8(3-10)12-13;1-2-4-6-5-3-1/h1-4H,(H2,15,16);5-6H,4H2,1-2H3,(H2,11,14);1-6H2. The van der Waals surface area contributed by atoms with Crippen molar-refractivity contribution in [2.75, 3.05) is 5.73 Å². The van der Waals surface area contributed by atoms with Crippen LogP contribution in [0.3, 0.4) is 0 Å². The highest BCUT2D eigenvalue weighted by molar-refractivity contribution is 6.31. The fourth-order valence-electron chi connectivity index (χ4n) is 3.58. The predicted octanol–water partition coefficient (Wildman–Crippen LogP) is 6.34. The van der Waals surface area contributed by atoms with Crippen LogP contribution in [0.1, 0.15) is 74.1 Å². The van der Waals surface area contributed by atoms with E-state index in [4.69, 9.17) is 28.3 Å². The van der Waals surface area contributed by atoms with Gasteiger partial charge in [0, 0.05) is 28.8 Å². The van der Waals surface area contributed by atoms with E-state index in [-0.39, 0.29) is 22.5 Å². The second-order valence-corrected chi connectivity index (χ2v) is 9.30. The van der Waals surface area contributed by atoms with Crippen molar-refractivity contribution < 1.29 is 18.0 Å². The molecule has 7 nitrogen and oxygen atoms in total. The van der Waals surface area contributed by atoms with Crippen molar-refractivity contribution in [3.63, 3.8) is 0 Å². The Morgan fingerprint density at radius 3 is 2.19 bits per heavy atom. The number of aromatic nitrogens is 3. The maximum Gasteiger partial charge on any atom is 0.433 e. The molecular formula is C25H30ClF3N6O. The van der Waals surface area contributed by atoms with Crippen molar-refractivity contribution in [3.05, 3.63) is 52.4 Å². The van der Waals surface area contributed by atoms with Gasteiger partial charge in [-0.2, -0.15) is 23.5 Å². The number of benzene rings is 1. The summed E-state index contributed by atoms with van der Waals surface area (Å²) in [5.41, 5.74) is 10.1. The number of anilines is 1. The number of fused-ring (bicyclic) bond motifs is 1. The van der Waals surface area contributed by atoms with Gasteiger partial charge in [-0.1, -0.05) is 64.0 Å². The third-order valence-corrected chi connectivity index (χ3v) is 5.51. The number of halogens is 4. The van der Waals surface area contributed by atoms with E-state index in [1.54, 1.807) is 4.68 Å². The summed E-state index contributed by atoms with van der Waals surface area (Å²) in [7, 11) is 0. The van der Waals surface area contributed by atoms with Crippen LogP contribution >= 0.6 is 11.6 Å². The fourth-order valence-corrected chi connectivity index (χ4v) is 3.75. The lowest BCUT2D eigenvalue weighted by molar-refractivity contribution is -0.140. The number of rotatable bonds is 3. The van der Waals surface area contributed by atoms with Gasteiger partial charge in [0.2, 0.25) is 0 Å². The van der Waals surface area contributed by atoms with Gasteiger partial charge in [0.05, 0.1) is 11.1 Å². The number of nitrogen functional groups attached to an aromatic ring is 1. The van der Waals surface area contributed by atoms with Crippen molar-refractivity contribution in [1.29, 1.82) is 5.26 Å². The van der Waals surface area contributed by atoms with Crippen molar-refractivity contribution in [1.82, 2.24) is 14.8 Å². The average molecular weight is 523 g/mol. The minimum absolute atomic E-state index is 0.0137. The van der Waals surface area contributed by atoms with E-state index >= 15 is 0 Å². The average Bonchev–Trinajstić information content (AvgIpc) is 3.23. The number of nitrogens with zero attached hydrogens (tertiary/aromatic N) is 4. The summed E-state index contributed by atoms with van der Waals surface area (Å²) in [6, 6.07) is 7.00. The molecule has 1 aliphatic rings. The molecule has 0 bridgehead atoms. The highest BCUT2D eigenvalue weighted by atomic mass is 35.5. The zero-order valence-corrected chi connectivity index (χ0v) is 21.0. The summed E-state index contributed by atoms with van der Waals surface area (Å²) in [5, 5.41) is 13.4. The van der Waals surface area contributed by atoms with Crippen LogP contribution in [0.25, 0.3) is 10.9 Å². The largest absolute Gasteiger partial charge is 0.433 e. The number of carbonyl (C=O) groups is 1. The summed E-state index contributed by atoms with van der Waals surface area (Å²) in [4.78, 5) is 14.4. The molecule has 4 N–H and O–H groups in total. The third kappa shape index (κ3) is 8.72. The lowest BCUT2D eigenvalue weighted by Crippen LogP contribution is -2.11. The second-order valence-electron chi connectivity index (χ2n) is 8.86. The Kier molecular flexibility index (Phi) is 10.5. The monoisotopic (exact) mass is 522 g/mol. The van der Waals surface area contributed by atoms with E-state index in [0.29, 0.717) is 22.9 Å². The first-order valence-corrected chi connectivity index (χ1v) is 12.0. The van der Waals surface area contributed by atoms with Crippen molar-refractivity contribution in [2.45, 2.75) is 65.1 Å². The highest BCUT2D eigenvalue weighted by Gasteiger charge is 2.33.